The molecule has 1 fully saturated rings. The average molecular weight is 470 g/mol. The van der Waals surface area contributed by atoms with Crippen molar-refractivity contribution in [2.75, 3.05) is 30.7 Å². The van der Waals surface area contributed by atoms with Gasteiger partial charge in [-0.15, -0.1) is 0 Å². The van der Waals surface area contributed by atoms with Crippen LogP contribution in [0.25, 0.3) is 0 Å². The molecule has 0 atom stereocenters. The number of carbonyl (C=O) groups excluding carboxylic acids is 2. The number of nitrogens with zero attached hydrogens (tertiary/aromatic N) is 2. The van der Waals surface area contributed by atoms with Crippen molar-refractivity contribution in [2.45, 2.75) is 32.1 Å². The minimum atomic E-state index is -3.77. The van der Waals surface area contributed by atoms with Gasteiger partial charge in [0.05, 0.1) is 36.6 Å². The molecule has 0 unspecified atom stereocenters. The third-order valence-electron chi connectivity index (χ3n) is 5.85. The van der Waals surface area contributed by atoms with E-state index in [1.165, 1.54) is 12.7 Å². The molecule has 1 saturated heterocycles. The highest BCUT2D eigenvalue weighted by atomic mass is 32.2. The van der Waals surface area contributed by atoms with Crippen molar-refractivity contribution < 1.29 is 22.7 Å². The van der Waals surface area contributed by atoms with Crippen LogP contribution < -0.4 is 4.72 Å². The third-order valence-corrected chi connectivity index (χ3v) is 7.12. The second kappa shape index (κ2) is 10.5. The molecule has 3 rings (SSSR count). The molecule has 2 aromatic carbocycles. The minimum Gasteiger partial charge on any atom is -0.469 e. The SMILES string of the molecule is COC(=O)CCS(=O)(=O)Nc1cc(C(=O)N2CCC(c3ccc(C#N)cc3)CC2)ccc1C. The van der Waals surface area contributed by atoms with Gasteiger partial charge in [-0.1, -0.05) is 18.2 Å². The van der Waals surface area contributed by atoms with Crippen LogP contribution in [0.3, 0.4) is 0 Å². The molecule has 9 heteroatoms. The Hall–Kier alpha value is -3.38. The van der Waals surface area contributed by atoms with Gasteiger partial charge in [-0.25, -0.2) is 8.42 Å². The summed E-state index contributed by atoms with van der Waals surface area (Å²) in [5.41, 5.74) is 3.19. The van der Waals surface area contributed by atoms with Crippen molar-refractivity contribution in [3.05, 3.63) is 64.7 Å². The lowest BCUT2D eigenvalue weighted by molar-refractivity contribution is -0.140. The van der Waals surface area contributed by atoms with Gasteiger partial charge in [0.1, 0.15) is 0 Å². The molecule has 1 aliphatic rings. The largest absolute Gasteiger partial charge is 0.469 e. The quantitative estimate of drug-likeness (QED) is 0.623. The van der Waals surface area contributed by atoms with Gasteiger partial charge in [-0.05, 0) is 61.1 Å². The minimum absolute atomic E-state index is 0.150. The Balaban J connectivity index is 1.64. The Kier molecular flexibility index (Phi) is 7.71. The molecule has 2 aromatic rings. The molecule has 0 saturated carbocycles. The highest BCUT2D eigenvalue weighted by Gasteiger charge is 2.25. The number of sulfonamides is 1. The topological polar surface area (TPSA) is 117 Å². The van der Waals surface area contributed by atoms with Crippen molar-refractivity contribution in [1.29, 1.82) is 5.26 Å². The number of nitriles is 1. The van der Waals surface area contributed by atoms with Crippen molar-refractivity contribution in [2.24, 2.45) is 0 Å². The summed E-state index contributed by atoms with van der Waals surface area (Å²) >= 11 is 0. The van der Waals surface area contributed by atoms with Crippen molar-refractivity contribution in [1.82, 2.24) is 4.90 Å². The normalized spacial score (nSPS) is 14.4. The fraction of sp³-hybridized carbons (Fsp3) is 0.375. The van der Waals surface area contributed by atoms with Crippen LogP contribution in [-0.2, 0) is 19.6 Å². The summed E-state index contributed by atoms with van der Waals surface area (Å²) in [5.74, 6) is -0.828. The van der Waals surface area contributed by atoms with E-state index in [2.05, 4.69) is 15.5 Å². The number of ether oxygens (including phenoxy) is 1. The number of piperidine rings is 1. The summed E-state index contributed by atoms with van der Waals surface area (Å²) in [7, 11) is -2.57. The van der Waals surface area contributed by atoms with Crippen molar-refractivity contribution >= 4 is 27.6 Å². The first-order chi connectivity index (χ1) is 15.7. The summed E-state index contributed by atoms with van der Waals surface area (Å²) in [4.78, 5) is 26.1. The zero-order valence-corrected chi connectivity index (χ0v) is 19.5. The molecule has 1 aliphatic heterocycles. The molecular formula is C24H27N3O5S. The first-order valence-electron chi connectivity index (χ1n) is 10.7. The second-order valence-electron chi connectivity index (χ2n) is 8.08. The highest BCUT2D eigenvalue weighted by molar-refractivity contribution is 7.92. The van der Waals surface area contributed by atoms with E-state index in [4.69, 9.17) is 5.26 Å². The Morgan fingerprint density at radius 1 is 1.15 bits per heavy atom. The van der Waals surface area contributed by atoms with Gasteiger partial charge in [-0.3, -0.25) is 14.3 Å². The number of methoxy groups -OCH3 is 1. The van der Waals surface area contributed by atoms with E-state index in [-0.39, 0.29) is 12.3 Å². The number of esters is 1. The molecule has 1 heterocycles. The van der Waals surface area contributed by atoms with Gasteiger partial charge in [0.25, 0.3) is 5.91 Å². The van der Waals surface area contributed by atoms with Crippen LogP contribution in [0.2, 0.25) is 0 Å². The molecule has 1 amide bonds. The summed E-state index contributed by atoms with van der Waals surface area (Å²) in [6.07, 6.45) is 1.38. The smallest absolute Gasteiger partial charge is 0.306 e. The van der Waals surface area contributed by atoms with E-state index in [1.54, 1.807) is 30.0 Å². The number of amides is 1. The maximum atomic E-state index is 13.1. The monoisotopic (exact) mass is 469 g/mol. The average Bonchev–Trinajstić information content (AvgIpc) is 2.83. The van der Waals surface area contributed by atoms with E-state index >= 15 is 0 Å². The van der Waals surface area contributed by atoms with Gasteiger partial charge in [0.2, 0.25) is 10.0 Å². The lowest BCUT2D eigenvalue weighted by atomic mass is 9.89. The number of hydrogen-bond donors (Lipinski definition) is 1. The van der Waals surface area contributed by atoms with Crippen LogP contribution in [0.1, 0.15) is 52.2 Å². The molecule has 0 aliphatic carbocycles. The lowest BCUT2D eigenvalue weighted by Crippen LogP contribution is -2.38. The fourth-order valence-corrected chi connectivity index (χ4v) is 4.92. The van der Waals surface area contributed by atoms with Crippen molar-refractivity contribution in [3.63, 3.8) is 0 Å². The van der Waals surface area contributed by atoms with Crippen molar-refractivity contribution in [3.8, 4) is 6.07 Å². The predicted octanol–water partition coefficient (Wildman–Crippen LogP) is 3.19. The fourth-order valence-electron chi connectivity index (χ4n) is 3.83. The maximum absolute atomic E-state index is 13.1. The summed E-state index contributed by atoms with van der Waals surface area (Å²) in [6.45, 7) is 2.94. The standard InChI is InChI=1S/C24H27N3O5S/c1-17-3-6-21(15-22(17)26-33(30,31)14-11-23(28)32-2)24(29)27-12-9-20(10-13-27)19-7-4-18(16-25)5-8-19/h3-8,15,20,26H,9-14H2,1-2H3. The number of anilines is 1. The zero-order valence-electron chi connectivity index (χ0n) is 18.7. The molecular weight excluding hydrogens is 442 g/mol. The predicted molar refractivity (Wildman–Crippen MR) is 124 cm³/mol. The molecule has 0 spiro atoms. The second-order valence-corrected chi connectivity index (χ2v) is 9.92. The molecule has 33 heavy (non-hydrogen) atoms. The van der Waals surface area contributed by atoms with E-state index in [1.807, 2.05) is 24.3 Å². The van der Waals surface area contributed by atoms with Crippen LogP contribution in [0.5, 0.6) is 0 Å². The molecule has 0 bridgehead atoms. The number of likely N-dealkylation sites (tertiary alicyclic amines) is 1. The Bertz CT molecular complexity index is 1160. The van der Waals surface area contributed by atoms with Gasteiger partial charge < -0.3 is 9.64 Å². The number of rotatable bonds is 7. The molecule has 0 radical (unpaired) electrons. The summed E-state index contributed by atoms with van der Waals surface area (Å²) < 4.78 is 31.6. The molecule has 0 aromatic heterocycles. The maximum Gasteiger partial charge on any atom is 0.306 e. The third kappa shape index (κ3) is 6.33. The first-order valence-corrected chi connectivity index (χ1v) is 12.3. The van der Waals surface area contributed by atoms with Crippen LogP contribution in [0.4, 0.5) is 5.69 Å². The Labute approximate surface area is 194 Å². The van der Waals surface area contributed by atoms with Crippen LogP contribution >= 0.6 is 0 Å². The van der Waals surface area contributed by atoms with E-state index in [0.717, 1.165) is 12.8 Å². The lowest BCUT2D eigenvalue weighted by Gasteiger charge is -2.32. The summed E-state index contributed by atoms with van der Waals surface area (Å²) in [6, 6.07) is 14.6. The molecule has 1 N–H and O–H groups in total. The van der Waals surface area contributed by atoms with E-state index < -0.39 is 21.7 Å². The van der Waals surface area contributed by atoms with Crippen LogP contribution in [-0.4, -0.2) is 51.1 Å². The Morgan fingerprint density at radius 2 is 1.82 bits per heavy atom. The Morgan fingerprint density at radius 3 is 2.42 bits per heavy atom. The zero-order chi connectivity index (χ0) is 24.0. The van der Waals surface area contributed by atoms with Crippen LogP contribution in [0, 0.1) is 18.3 Å². The van der Waals surface area contributed by atoms with Crippen LogP contribution in [0.15, 0.2) is 42.5 Å². The van der Waals surface area contributed by atoms with Gasteiger partial charge in [-0.2, -0.15) is 5.26 Å². The van der Waals surface area contributed by atoms with E-state index in [9.17, 15) is 18.0 Å². The first kappa shape index (κ1) is 24.3. The number of aryl methyl sites for hydroxylation is 1. The summed E-state index contributed by atoms with van der Waals surface area (Å²) in [5, 5.41) is 8.95. The van der Waals surface area contributed by atoms with Gasteiger partial charge in [0.15, 0.2) is 0 Å². The van der Waals surface area contributed by atoms with Gasteiger partial charge >= 0.3 is 5.97 Å². The number of nitrogens with one attached hydrogen (secondary N) is 1. The highest BCUT2D eigenvalue weighted by Crippen LogP contribution is 2.29. The number of benzene rings is 2. The van der Waals surface area contributed by atoms with Gasteiger partial charge in [0, 0.05) is 18.7 Å². The molecule has 8 nitrogen and oxygen atoms in total. The van der Waals surface area contributed by atoms with E-state index in [0.29, 0.717) is 41.4 Å². The number of hydrogen-bond acceptors (Lipinski definition) is 6. The molecule has 174 valence electrons. The number of carbonyl (C=O) groups is 2.